The van der Waals surface area contributed by atoms with Gasteiger partial charge in [0.25, 0.3) is 5.91 Å². The zero-order valence-corrected chi connectivity index (χ0v) is 9.92. The summed E-state index contributed by atoms with van der Waals surface area (Å²) in [6, 6.07) is 4.38. The molecule has 2 rings (SSSR count). The molecule has 18 heavy (non-hydrogen) atoms. The largest absolute Gasteiger partial charge is 0.394 e. The third-order valence-corrected chi connectivity index (χ3v) is 2.78. The van der Waals surface area contributed by atoms with Gasteiger partial charge >= 0.3 is 0 Å². The first-order valence-corrected chi connectivity index (χ1v) is 5.64. The molecule has 0 spiro atoms. The Morgan fingerprint density at radius 1 is 1.56 bits per heavy atom. The van der Waals surface area contributed by atoms with Crippen LogP contribution in [0.2, 0.25) is 0 Å². The van der Waals surface area contributed by atoms with Crippen molar-refractivity contribution in [2.45, 2.75) is 19.1 Å². The lowest BCUT2D eigenvalue weighted by Gasteiger charge is -2.18. The smallest absolute Gasteiger partial charge is 0.251 e. The van der Waals surface area contributed by atoms with Gasteiger partial charge in [-0.05, 0) is 25.1 Å². The van der Waals surface area contributed by atoms with Crippen molar-refractivity contribution in [2.24, 2.45) is 0 Å². The number of nitrogens with zero attached hydrogens (tertiary/aromatic N) is 1. The van der Waals surface area contributed by atoms with Crippen molar-refractivity contribution < 1.29 is 15.0 Å². The Morgan fingerprint density at radius 3 is 3.00 bits per heavy atom. The standard InChI is InChI=1S/C12H15N3O3/c1-7(17)11(5-16)15-12(18)8-2-3-9-10(4-8)14-6-13-9/h2-4,6-7,11,16-17H,5H2,1H3,(H,13,14)(H,15,18)/t7-,11-/m0/s1. The molecule has 2 aromatic rings. The number of hydrogen-bond donors (Lipinski definition) is 4. The van der Waals surface area contributed by atoms with E-state index in [0.717, 1.165) is 11.0 Å². The number of aliphatic hydroxyl groups is 2. The van der Waals surface area contributed by atoms with Gasteiger partial charge in [-0.1, -0.05) is 0 Å². The number of H-pyrrole nitrogens is 1. The number of imidazole rings is 1. The van der Waals surface area contributed by atoms with Crippen molar-refractivity contribution >= 4 is 16.9 Å². The van der Waals surface area contributed by atoms with Crippen LogP contribution in [0, 0.1) is 0 Å². The molecule has 2 atom stereocenters. The van der Waals surface area contributed by atoms with Crippen LogP contribution in [0.4, 0.5) is 0 Å². The molecule has 4 N–H and O–H groups in total. The van der Waals surface area contributed by atoms with Crippen molar-refractivity contribution in [1.29, 1.82) is 0 Å². The van der Waals surface area contributed by atoms with Gasteiger partial charge in [0.1, 0.15) is 0 Å². The Hall–Kier alpha value is -1.92. The summed E-state index contributed by atoms with van der Waals surface area (Å²) < 4.78 is 0. The van der Waals surface area contributed by atoms with Crippen LogP contribution >= 0.6 is 0 Å². The van der Waals surface area contributed by atoms with E-state index < -0.39 is 12.1 Å². The molecule has 6 nitrogen and oxygen atoms in total. The maximum Gasteiger partial charge on any atom is 0.251 e. The summed E-state index contributed by atoms with van der Waals surface area (Å²) in [5.41, 5.74) is 1.99. The fourth-order valence-corrected chi connectivity index (χ4v) is 1.65. The van der Waals surface area contributed by atoms with E-state index in [1.165, 1.54) is 6.92 Å². The van der Waals surface area contributed by atoms with Gasteiger partial charge in [-0.2, -0.15) is 0 Å². The van der Waals surface area contributed by atoms with Gasteiger partial charge < -0.3 is 20.5 Å². The van der Waals surface area contributed by atoms with Gasteiger partial charge in [-0.3, -0.25) is 4.79 Å². The first-order chi connectivity index (χ1) is 8.61. The van der Waals surface area contributed by atoms with Crippen LogP contribution in [-0.2, 0) is 0 Å². The minimum absolute atomic E-state index is 0.310. The summed E-state index contributed by atoms with van der Waals surface area (Å²) in [6.07, 6.45) is 0.744. The SMILES string of the molecule is C[C@H](O)[C@H](CO)NC(=O)c1ccc2nc[nH]c2c1. The molecule has 0 aliphatic carbocycles. The third-order valence-electron chi connectivity index (χ3n) is 2.78. The third kappa shape index (κ3) is 2.49. The van der Waals surface area contributed by atoms with E-state index in [9.17, 15) is 9.90 Å². The predicted octanol–water partition coefficient (Wildman–Crippen LogP) is 0.0344. The number of aliphatic hydroxyl groups excluding tert-OH is 2. The van der Waals surface area contributed by atoms with Crippen LogP contribution in [0.25, 0.3) is 11.0 Å². The number of fused-ring (bicyclic) bond motifs is 1. The lowest BCUT2D eigenvalue weighted by molar-refractivity contribution is 0.0758. The van der Waals surface area contributed by atoms with E-state index >= 15 is 0 Å². The fraction of sp³-hybridized carbons (Fsp3) is 0.333. The maximum absolute atomic E-state index is 11.9. The lowest BCUT2D eigenvalue weighted by atomic mass is 10.1. The Balaban J connectivity index is 2.17. The average Bonchev–Trinajstić information content (AvgIpc) is 2.82. The maximum atomic E-state index is 11.9. The number of hydrogen-bond acceptors (Lipinski definition) is 4. The molecule has 0 saturated carbocycles. The van der Waals surface area contributed by atoms with Gasteiger partial charge in [0, 0.05) is 5.56 Å². The summed E-state index contributed by atoms with van der Waals surface area (Å²) in [6.45, 7) is 1.20. The van der Waals surface area contributed by atoms with Gasteiger partial charge in [0.15, 0.2) is 0 Å². The highest BCUT2D eigenvalue weighted by atomic mass is 16.3. The van der Waals surface area contributed by atoms with Crippen molar-refractivity contribution in [3.8, 4) is 0 Å². The van der Waals surface area contributed by atoms with Gasteiger partial charge in [-0.15, -0.1) is 0 Å². The predicted molar refractivity (Wildman–Crippen MR) is 66.1 cm³/mol. The van der Waals surface area contributed by atoms with E-state index in [1.54, 1.807) is 24.5 Å². The number of carbonyl (C=O) groups excluding carboxylic acids is 1. The highest BCUT2D eigenvalue weighted by Crippen LogP contribution is 2.11. The zero-order chi connectivity index (χ0) is 13.1. The Bertz CT molecular complexity index is 550. The number of aromatic amines is 1. The molecule has 96 valence electrons. The van der Waals surface area contributed by atoms with Crippen LogP contribution < -0.4 is 5.32 Å². The molecule has 0 aliphatic rings. The number of carbonyl (C=O) groups is 1. The van der Waals surface area contributed by atoms with Crippen molar-refractivity contribution in [3.05, 3.63) is 30.1 Å². The van der Waals surface area contributed by atoms with Crippen molar-refractivity contribution in [3.63, 3.8) is 0 Å². The van der Waals surface area contributed by atoms with Crippen molar-refractivity contribution in [1.82, 2.24) is 15.3 Å². The zero-order valence-electron chi connectivity index (χ0n) is 9.92. The van der Waals surface area contributed by atoms with Gasteiger partial charge in [0.05, 0.1) is 36.1 Å². The molecule has 0 aliphatic heterocycles. The second-order valence-electron chi connectivity index (χ2n) is 4.14. The first kappa shape index (κ1) is 12.5. The Kier molecular flexibility index (Phi) is 3.59. The summed E-state index contributed by atoms with van der Waals surface area (Å²) in [4.78, 5) is 18.9. The van der Waals surface area contributed by atoms with Crippen molar-refractivity contribution in [2.75, 3.05) is 6.61 Å². The minimum Gasteiger partial charge on any atom is -0.394 e. The van der Waals surface area contributed by atoms with E-state index in [0.29, 0.717) is 5.56 Å². The molecular formula is C12H15N3O3. The van der Waals surface area contributed by atoms with E-state index in [2.05, 4.69) is 15.3 Å². The summed E-state index contributed by atoms with van der Waals surface area (Å²) in [7, 11) is 0. The highest BCUT2D eigenvalue weighted by Gasteiger charge is 2.17. The topological polar surface area (TPSA) is 98.2 Å². The average molecular weight is 249 g/mol. The summed E-state index contributed by atoms with van der Waals surface area (Å²) >= 11 is 0. The second-order valence-corrected chi connectivity index (χ2v) is 4.14. The molecule has 0 radical (unpaired) electrons. The summed E-state index contributed by atoms with van der Waals surface area (Å²) in [5.74, 6) is -0.341. The molecule has 6 heteroatoms. The number of benzene rings is 1. The van der Waals surface area contributed by atoms with Gasteiger partial charge in [0.2, 0.25) is 0 Å². The monoisotopic (exact) mass is 249 g/mol. The molecular weight excluding hydrogens is 234 g/mol. The number of amides is 1. The van der Waals surface area contributed by atoms with Crippen LogP contribution in [0.1, 0.15) is 17.3 Å². The molecule has 0 bridgehead atoms. The van der Waals surface area contributed by atoms with E-state index in [-0.39, 0.29) is 12.5 Å². The molecule has 0 unspecified atom stereocenters. The number of rotatable bonds is 4. The quantitative estimate of drug-likeness (QED) is 0.614. The first-order valence-electron chi connectivity index (χ1n) is 5.64. The lowest BCUT2D eigenvalue weighted by Crippen LogP contribution is -2.44. The molecule has 1 aromatic heterocycles. The molecule has 1 amide bonds. The molecule has 0 fully saturated rings. The second kappa shape index (κ2) is 5.16. The van der Waals surface area contributed by atoms with Crippen LogP contribution in [-0.4, -0.2) is 44.8 Å². The summed E-state index contributed by atoms with van der Waals surface area (Å²) in [5, 5.41) is 21.0. The van der Waals surface area contributed by atoms with Crippen LogP contribution in [0.3, 0.4) is 0 Å². The van der Waals surface area contributed by atoms with E-state index in [1.807, 2.05) is 0 Å². The number of aromatic nitrogens is 2. The molecule has 1 heterocycles. The normalized spacial score (nSPS) is 14.4. The number of nitrogens with one attached hydrogen (secondary N) is 2. The van der Waals surface area contributed by atoms with Gasteiger partial charge in [-0.25, -0.2) is 4.98 Å². The highest BCUT2D eigenvalue weighted by molar-refractivity contribution is 5.97. The molecule has 1 aromatic carbocycles. The van der Waals surface area contributed by atoms with E-state index in [4.69, 9.17) is 5.11 Å². The fourth-order valence-electron chi connectivity index (χ4n) is 1.65. The van der Waals surface area contributed by atoms with Crippen LogP contribution in [0.15, 0.2) is 24.5 Å². The minimum atomic E-state index is -0.810. The van der Waals surface area contributed by atoms with Crippen LogP contribution in [0.5, 0.6) is 0 Å². The Labute approximate surface area is 104 Å². The molecule has 0 saturated heterocycles. The Morgan fingerprint density at radius 2 is 2.33 bits per heavy atom.